The number of phosphoric acid groups is 1. The summed E-state index contributed by atoms with van der Waals surface area (Å²) in [5.41, 5.74) is -1.81. The molecule has 168 valence electrons. The SMILES string of the molecule is C[C@@](O)(/C=C/[C@H]1CC=CC(=O)O1)[C@@H](C[C@H](O)CCCCCCCO)OP(=O)(O)O. The molecule has 29 heavy (non-hydrogen) atoms. The highest BCUT2D eigenvalue weighted by Gasteiger charge is 2.37. The normalized spacial score (nSPS) is 21.7. The molecular weight excluding hydrogens is 403 g/mol. The van der Waals surface area contributed by atoms with E-state index in [1.54, 1.807) is 6.08 Å². The fourth-order valence-corrected chi connectivity index (χ4v) is 3.63. The van der Waals surface area contributed by atoms with Crippen LogP contribution in [-0.2, 0) is 18.6 Å². The van der Waals surface area contributed by atoms with Crippen LogP contribution in [0.5, 0.6) is 0 Å². The van der Waals surface area contributed by atoms with Gasteiger partial charge in [0.1, 0.15) is 17.8 Å². The Morgan fingerprint density at radius 1 is 1.31 bits per heavy atom. The topological polar surface area (TPSA) is 154 Å². The maximum Gasteiger partial charge on any atom is 0.469 e. The molecule has 1 rings (SSSR count). The van der Waals surface area contributed by atoms with Crippen molar-refractivity contribution in [2.75, 3.05) is 6.61 Å². The first-order valence-corrected chi connectivity index (χ1v) is 11.4. The molecule has 1 aliphatic rings. The zero-order valence-electron chi connectivity index (χ0n) is 16.7. The summed E-state index contributed by atoms with van der Waals surface area (Å²) in [6, 6.07) is 0. The molecule has 0 saturated carbocycles. The smallest absolute Gasteiger partial charge is 0.455 e. The molecule has 0 radical (unpaired) electrons. The minimum atomic E-state index is -4.91. The average Bonchev–Trinajstić information content (AvgIpc) is 2.61. The number of carbonyl (C=O) groups is 1. The fourth-order valence-electron chi connectivity index (χ4n) is 3.00. The summed E-state index contributed by atoms with van der Waals surface area (Å²) >= 11 is 0. The van der Waals surface area contributed by atoms with Crippen molar-refractivity contribution in [2.45, 2.75) is 82.2 Å². The van der Waals surface area contributed by atoms with Gasteiger partial charge in [-0.1, -0.05) is 37.8 Å². The molecule has 0 aromatic heterocycles. The van der Waals surface area contributed by atoms with E-state index in [0.29, 0.717) is 19.3 Å². The Morgan fingerprint density at radius 2 is 1.97 bits per heavy atom. The number of ether oxygens (including phenoxy) is 1. The highest BCUT2D eigenvalue weighted by Crippen LogP contribution is 2.41. The molecule has 4 atom stereocenters. The first-order chi connectivity index (χ1) is 13.5. The van der Waals surface area contributed by atoms with Crippen molar-refractivity contribution in [2.24, 2.45) is 0 Å². The van der Waals surface area contributed by atoms with Gasteiger partial charge in [-0.05, 0) is 25.8 Å². The number of cyclic esters (lactones) is 1. The molecule has 5 N–H and O–H groups in total. The van der Waals surface area contributed by atoms with Gasteiger partial charge in [0.05, 0.1) is 6.10 Å². The first kappa shape index (κ1) is 26.0. The van der Waals surface area contributed by atoms with Crippen LogP contribution in [0, 0.1) is 0 Å². The average molecular weight is 436 g/mol. The van der Waals surface area contributed by atoms with Gasteiger partial charge < -0.3 is 29.8 Å². The van der Waals surface area contributed by atoms with Crippen LogP contribution in [0.15, 0.2) is 24.3 Å². The molecule has 0 aromatic rings. The van der Waals surface area contributed by atoms with Crippen molar-refractivity contribution < 1.29 is 43.7 Å². The Bertz CT molecular complexity index is 596. The first-order valence-electron chi connectivity index (χ1n) is 9.85. The summed E-state index contributed by atoms with van der Waals surface area (Å²) in [6.07, 6.45) is 7.51. The maximum absolute atomic E-state index is 11.3. The molecule has 9 nitrogen and oxygen atoms in total. The number of rotatable bonds is 14. The van der Waals surface area contributed by atoms with Crippen LogP contribution in [0.3, 0.4) is 0 Å². The van der Waals surface area contributed by atoms with E-state index < -0.39 is 37.7 Å². The lowest BCUT2D eigenvalue weighted by molar-refractivity contribution is -0.141. The number of carbonyl (C=O) groups excluding carboxylic acids is 1. The van der Waals surface area contributed by atoms with Crippen LogP contribution in [0.25, 0.3) is 0 Å². The van der Waals surface area contributed by atoms with Crippen molar-refractivity contribution >= 4 is 13.8 Å². The summed E-state index contributed by atoms with van der Waals surface area (Å²) in [7, 11) is -4.91. The lowest BCUT2D eigenvalue weighted by Gasteiger charge is -2.32. The van der Waals surface area contributed by atoms with Gasteiger partial charge in [0.15, 0.2) is 0 Å². The highest BCUT2D eigenvalue weighted by molar-refractivity contribution is 7.46. The van der Waals surface area contributed by atoms with Crippen molar-refractivity contribution in [3.8, 4) is 0 Å². The third-order valence-electron chi connectivity index (χ3n) is 4.64. The second kappa shape index (κ2) is 12.6. The number of hydrogen-bond acceptors (Lipinski definition) is 7. The Kier molecular flexibility index (Phi) is 11.3. The van der Waals surface area contributed by atoms with E-state index in [1.165, 1.54) is 25.2 Å². The molecular formula is C19H33O9P. The minimum Gasteiger partial charge on any atom is -0.455 e. The van der Waals surface area contributed by atoms with Gasteiger partial charge in [-0.15, -0.1) is 0 Å². The van der Waals surface area contributed by atoms with E-state index in [-0.39, 0.29) is 13.0 Å². The molecule has 0 fully saturated rings. The third-order valence-corrected chi connectivity index (χ3v) is 5.17. The fraction of sp³-hybridized carbons (Fsp3) is 0.737. The van der Waals surface area contributed by atoms with Crippen LogP contribution < -0.4 is 0 Å². The molecule has 10 heteroatoms. The van der Waals surface area contributed by atoms with Crippen molar-refractivity contribution in [3.63, 3.8) is 0 Å². The lowest BCUT2D eigenvalue weighted by atomic mass is 9.91. The molecule has 0 saturated heterocycles. The predicted octanol–water partition coefficient (Wildman–Crippen LogP) is 1.73. The second-order valence-electron chi connectivity index (χ2n) is 7.45. The minimum absolute atomic E-state index is 0.156. The van der Waals surface area contributed by atoms with Gasteiger partial charge in [-0.25, -0.2) is 9.36 Å². The van der Waals surface area contributed by atoms with E-state index in [9.17, 15) is 29.4 Å². The van der Waals surface area contributed by atoms with Gasteiger partial charge in [0, 0.05) is 25.5 Å². The number of aliphatic hydroxyl groups is 3. The number of hydrogen-bond donors (Lipinski definition) is 5. The van der Waals surface area contributed by atoms with E-state index in [0.717, 1.165) is 25.7 Å². The summed E-state index contributed by atoms with van der Waals surface area (Å²) < 4.78 is 21.1. The van der Waals surface area contributed by atoms with Gasteiger partial charge in [-0.2, -0.15) is 0 Å². The summed E-state index contributed by atoms with van der Waals surface area (Å²) in [4.78, 5) is 29.6. The molecule has 0 amide bonds. The maximum atomic E-state index is 11.3. The van der Waals surface area contributed by atoms with Crippen molar-refractivity contribution in [1.29, 1.82) is 0 Å². The van der Waals surface area contributed by atoms with Crippen LogP contribution in [-0.4, -0.2) is 61.6 Å². The Hall–Kier alpha value is -1.06. The Morgan fingerprint density at radius 3 is 2.59 bits per heavy atom. The second-order valence-corrected chi connectivity index (χ2v) is 8.64. The van der Waals surface area contributed by atoms with Crippen LogP contribution >= 0.6 is 7.82 Å². The number of phosphoric ester groups is 1. The van der Waals surface area contributed by atoms with Crippen LogP contribution in [0.4, 0.5) is 0 Å². The summed E-state index contributed by atoms with van der Waals surface area (Å²) in [5.74, 6) is -0.511. The zero-order valence-corrected chi connectivity index (χ0v) is 17.6. The predicted molar refractivity (Wildman–Crippen MR) is 106 cm³/mol. The van der Waals surface area contributed by atoms with Crippen LogP contribution in [0.2, 0.25) is 0 Å². The Balaban J connectivity index is 2.66. The summed E-state index contributed by atoms with van der Waals surface area (Å²) in [6.45, 7) is 1.47. The summed E-state index contributed by atoms with van der Waals surface area (Å²) in [5, 5.41) is 29.7. The van der Waals surface area contributed by atoms with Crippen molar-refractivity contribution in [1.82, 2.24) is 0 Å². The number of aliphatic hydroxyl groups excluding tert-OH is 2. The molecule has 0 aromatic carbocycles. The van der Waals surface area contributed by atoms with E-state index in [1.807, 2.05) is 0 Å². The molecule has 0 bridgehead atoms. The molecule has 0 aliphatic carbocycles. The monoisotopic (exact) mass is 436 g/mol. The quantitative estimate of drug-likeness (QED) is 0.118. The van der Waals surface area contributed by atoms with E-state index >= 15 is 0 Å². The van der Waals surface area contributed by atoms with Crippen molar-refractivity contribution in [3.05, 3.63) is 24.3 Å². The highest BCUT2D eigenvalue weighted by atomic mass is 31.2. The van der Waals surface area contributed by atoms with Gasteiger partial charge in [-0.3, -0.25) is 4.52 Å². The molecule has 1 heterocycles. The number of esters is 1. The van der Waals surface area contributed by atoms with Gasteiger partial charge in [0.25, 0.3) is 0 Å². The third kappa shape index (κ3) is 11.6. The molecule has 0 spiro atoms. The standard InChI is InChI=1S/C19H33O9P/c1-19(23,12-11-16-9-7-10-18(22)27-16)17(28-29(24,25)26)14-15(21)8-5-3-2-4-6-13-20/h7,10-12,15-17,20-21,23H,2-6,8-9,13-14H2,1H3,(H2,24,25,26)/b12-11+/t15-,16-,17-,19-/m1/s1. The zero-order chi connectivity index (χ0) is 21.9. The number of unbranched alkanes of at least 4 members (excludes halogenated alkanes) is 4. The molecule has 1 aliphatic heterocycles. The van der Waals surface area contributed by atoms with Gasteiger partial charge >= 0.3 is 13.8 Å². The van der Waals surface area contributed by atoms with Gasteiger partial charge in [0.2, 0.25) is 0 Å². The van der Waals surface area contributed by atoms with Crippen LogP contribution in [0.1, 0.15) is 58.3 Å². The molecule has 0 unspecified atom stereocenters. The Labute approximate surface area is 171 Å². The lowest BCUT2D eigenvalue weighted by Crippen LogP contribution is -2.41. The van der Waals surface area contributed by atoms with E-state index in [2.05, 4.69) is 0 Å². The van der Waals surface area contributed by atoms with E-state index in [4.69, 9.17) is 14.4 Å². The largest absolute Gasteiger partial charge is 0.469 e.